The highest BCUT2D eigenvalue weighted by atomic mass is 16.1. The molecule has 2 atom stereocenters. The number of carbonyl (C=O) groups excluding carboxylic acids is 1. The highest BCUT2D eigenvalue weighted by Gasteiger charge is 2.30. The van der Waals surface area contributed by atoms with Crippen molar-refractivity contribution in [3.05, 3.63) is 35.9 Å². The lowest BCUT2D eigenvalue weighted by Gasteiger charge is -2.14. The molecule has 0 radical (unpaired) electrons. The van der Waals surface area contributed by atoms with Gasteiger partial charge in [0.2, 0.25) is 0 Å². The Morgan fingerprint density at radius 3 is 2.69 bits per heavy atom. The number of benzene rings is 1. The van der Waals surface area contributed by atoms with E-state index in [1.165, 1.54) is 5.56 Å². The van der Waals surface area contributed by atoms with Gasteiger partial charge in [0.1, 0.15) is 5.78 Å². The van der Waals surface area contributed by atoms with E-state index in [-0.39, 0.29) is 5.92 Å². The molecule has 1 aliphatic rings. The van der Waals surface area contributed by atoms with Crippen LogP contribution in [0.5, 0.6) is 0 Å². The van der Waals surface area contributed by atoms with Crippen molar-refractivity contribution in [1.82, 2.24) is 5.32 Å². The van der Waals surface area contributed by atoms with Crippen molar-refractivity contribution in [2.24, 2.45) is 11.8 Å². The summed E-state index contributed by atoms with van der Waals surface area (Å²) in [6.45, 7) is 3.87. The van der Waals surface area contributed by atoms with Crippen LogP contribution in [0.4, 0.5) is 0 Å². The van der Waals surface area contributed by atoms with E-state index in [1.54, 1.807) is 0 Å². The predicted octanol–water partition coefficient (Wildman–Crippen LogP) is 2.39. The first kappa shape index (κ1) is 11.3. The maximum absolute atomic E-state index is 11.6. The maximum atomic E-state index is 11.6. The third-order valence-electron chi connectivity index (χ3n) is 3.48. The van der Waals surface area contributed by atoms with Gasteiger partial charge < -0.3 is 5.32 Å². The molecule has 0 amide bonds. The minimum absolute atomic E-state index is 0.240. The van der Waals surface area contributed by atoms with Crippen LogP contribution >= 0.6 is 0 Å². The van der Waals surface area contributed by atoms with Crippen molar-refractivity contribution >= 4 is 5.78 Å². The average molecular weight is 217 g/mol. The molecule has 0 aliphatic heterocycles. The lowest BCUT2D eigenvalue weighted by atomic mass is 9.97. The van der Waals surface area contributed by atoms with Gasteiger partial charge in [0.15, 0.2) is 0 Å². The number of Topliss-reactive ketones (excluding diaryl/α,β-unsaturated/α-hetero) is 1. The van der Waals surface area contributed by atoms with E-state index >= 15 is 0 Å². The fourth-order valence-electron chi connectivity index (χ4n) is 2.36. The minimum Gasteiger partial charge on any atom is -0.312 e. The van der Waals surface area contributed by atoms with Crippen LogP contribution in [-0.2, 0) is 11.3 Å². The van der Waals surface area contributed by atoms with Gasteiger partial charge in [0.05, 0.1) is 0 Å². The van der Waals surface area contributed by atoms with E-state index in [0.29, 0.717) is 11.7 Å². The Morgan fingerprint density at radius 1 is 1.31 bits per heavy atom. The third-order valence-corrected chi connectivity index (χ3v) is 3.48. The molecule has 1 saturated carbocycles. The molecule has 16 heavy (non-hydrogen) atoms. The van der Waals surface area contributed by atoms with Crippen LogP contribution in [0.1, 0.15) is 25.3 Å². The Bertz CT molecular complexity index is 347. The molecule has 0 heterocycles. The molecule has 0 saturated heterocycles. The SMILES string of the molecule is CC1CCC(=O)C1CNCc1ccccc1. The summed E-state index contributed by atoms with van der Waals surface area (Å²) >= 11 is 0. The molecule has 2 unspecified atom stereocenters. The lowest BCUT2D eigenvalue weighted by molar-refractivity contribution is -0.121. The van der Waals surface area contributed by atoms with Crippen LogP contribution in [-0.4, -0.2) is 12.3 Å². The number of hydrogen-bond donors (Lipinski definition) is 1. The van der Waals surface area contributed by atoms with E-state index in [2.05, 4.69) is 24.4 Å². The molecule has 1 fully saturated rings. The van der Waals surface area contributed by atoms with Crippen molar-refractivity contribution < 1.29 is 4.79 Å². The van der Waals surface area contributed by atoms with Crippen molar-refractivity contribution in [2.45, 2.75) is 26.3 Å². The molecule has 1 aromatic rings. The average Bonchev–Trinajstić information content (AvgIpc) is 2.62. The van der Waals surface area contributed by atoms with Gasteiger partial charge in [0, 0.05) is 25.4 Å². The fourth-order valence-corrected chi connectivity index (χ4v) is 2.36. The zero-order valence-corrected chi connectivity index (χ0v) is 9.78. The summed E-state index contributed by atoms with van der Waals surface area (Å²) in [6, 6.07) is 10.3. The highest BCUT2D eigenvalue weighted by molar-refractivity contribution is 5.83. The highest BCUT2D eigenvalue weighted by Crippen LogP contribution is 2.27. The van der Waals surface area contributed by atoms with Crippen LogP contribution < -0.4 is 5.32 Å². The van der Waals surface area contributed by atoms with Crippen LogP contribution in [0, 0.1) is 11.8 Å². The van der Waals surface area contributed by atoms with E-state index < -0.39 is 0 Å². The van der Waals surface area contributed by atoms with Crippen LogP contribution in [0.25, 0.3) is 0 Å². The van der Waals surface area contributed by atoms with Gasteiger partial charge in [-0.2, -0.15) is 0 Å². The first-order valence-corrected chi connectivity index (χ1v) is 6.04. The van der Waals surface area contributed by atoms with E-state index in [0.717, 1.165) is 25.9 Å². The Balaban J connectivity index is 1.78. The van der Waals surface area contributed by atoms with Crippen molar-refractivity contribution in [3.63, 3.8) is 0 Å². The van der Waals surface area contributed by atoms with Gasteiger partial charge in [0.25, 0.3) is 0 Å². The number of hydrogen-bond acceptors (Lipinski definition) is 2. The topological polar surface area (TPSA) is 29.1 Å². The molecule has 2 heteroatoms. The Hall–Kier alpha value is -1.15. The molecule has 86 valence electrons. The fraction of sp³-hybridized carbons (Fsp3) is 0.500. The van der Waals surface area contributed by atoms with Gasteiger partial charge in [-0.15, -0.1) is 0 Å². The summed E-state index contributed by atoms with van der Waals surface area (Å²) in [5, 5.41) is 3.38. The molecule has 0 spiro atoms. The van der Waals surface area contributed by atoms with Crippen molar-refractivity contribution in [3.8, 4) is 0 Å². The third kappa shape index (κ3) is 2.70. The summed E-state index contributed by atoms with van der Waals surface area (Å²) in [5.41, 5.74) is 1.28. The number of ketones is 1. The van der Waals surface area contributed by atoms with E-state index in [4.69, 9.17) is 0 Å². The molecule has 2 nitrogen and oxygen atoms in total. The minimum atomic E-state index is 0.240. The normalized spacial score (nSPS) is 24.9. The van der Waals surface area contributed by atoms with E-state index in [1.807, 2.05) is 18.2 Å². The molecular formula is C14H19NO. The molecule has 2 rings (SSSR count). The second-order valence-electron chi connectivity index (χ2n) is 4.71. The van der Waals surface area contributed by atoms with Gasteiger partial charge >= 0.3 is 0 Å². The first-order valence-electron chi connectivity index (χ1n) is 6.04. The van der Waals surface area contributed by atoms with Crippen molar-refractivity contribution in [2.75, 3.05) is 6.54 Å². The van der Waals surface area contributed by atoms with Crippen molar-refractivity contribution in [1.29, 1.82) is 0 Å². The summed E-state index contributed by atoms with van der Waals surface area (Å²) < 4.78 is 0. The Labute approximate surface area is 97.1 Å². The monoisotopic (exact) mass is 217 g/mol. The Kier molecular flexibility index (Phi) is 3.73. The molecule has 1 N–H and O–H groups in total. The maximum Gasteiger partial charge on any atom is 0.137 e. The number of nitrogens with one attached hydrogen (secondary N) is 1. The van der Waals surface area contributed by atoms with Crippen LogP contribution in [0.3, 0.4) is 0 Å². The molecule has 0 aromatic heterocycles. The summed E-state index contributed by atoms with van der Waals surface area (Å²) in [6.07, 6.45) is 1.84. The zero-order chi connectivity index (χ0) is 11.4. The number of carbonyl (C=O) groups is 1. The quantitative estimate of drug-likeness (QED) is 0.839. The molecule has 1 aliphatic carbocycles. The van der Waals surface area contributed by atoms with Gasteiger partial charge in [-0.25, -0.2) is 0 Å². The standard InChI is InChI=1S/C14H19NO/c1-11-7-8-14(16)13(11)10-15-9-12-5-3-2-4-6-12/h2-6,11,13,15H,7-10H2,1H3. The predicted molar refractivity (Wildman–Crippen MR) is 65.0 cm³/mol. The van der Waals surface area contributed by atoms with Gasteiger partial charge in [-0.1, -0.05) is 37.3 Å². The van der Waals surface area contributed by atoms with E-state index in [9.17, 15) is 4.79 Å². The molecular weight excluding hydrogens is 198 g/mol. The van der Waals surface area contributed by atoms with Crippen LogP contribution in [0.2, 0.25) is 0 Å². The Morgan fingerprint density at radius 2 is 2.06 bits per heavy atom. The zero-order valence-electron chi connectivity index (χ0n) is 9.78. The molecule has 0 bridgehead atoms. The van der Waals surface area contributed by atoms with Gasteiger partial charge in [-0.05, 0) is 17.9 Å². The van der Waals surface area contributed by atoms with Crippen LogP contribution in [0.15, 0.2) is 30.3 Å². The molecule has 1 aromatic carbocycles. The largest absolute Gasteiger partial charge is 0.312 e. The smallest absolute Gasteiger partial charge is 0.137 e. The summed E-state index contributed by atoms with van der Waals surface area (Å²) in [5.74, 6) is 1.23. The summed E-state index contributed by atoms with van der Waals surface area (Å²) in [4.78, 5) is 11.6. The number of rotatable bonds is 4. The first-order chi connectivity index (χ1) is 7.77. The van der Waals surface area contributed by atoms with Gasteiger partial charge in [-0.3, -0.25) is 4.79 Å². The lowest BCUT2D eigenvalue weighted by Crippen LogP contribution is -2.28. The summed E-state index contributed by atoms with van der Waals surface area (Å²) in [7, 11) is 0. The second kappa shape index (κ2) is 5.26. The second-order valence-corrected chi connectivity index (χ2v) is 4.71.